The summed E-state index contributed by atoms with van der Waals surface area (Å²) in [6, 6.07) is 17.6. The maximum atomic E-state index is 13.0. The summed E-state index contributed by atoms with van der Waals surface area (Å²) in [7, 11) is 3.07. The van der Waals surface area contributed by atoms with E-state index in [-0.39, 0.29) is 17.6 Å². The Morgan fingerprint density at radius 3 is 2.42 bits per heavy atom. The zero-order valence-corrected chi connectivity index (χ0v) is 17.8. The van der Waals surface area contributed by atoms with E-state index in [0.29, 0.717) is 28.4 Å². The smallest absolute Gasteiger partial charge is 0.255 e. The highest BCUT2D eigenvalue weighted by atomic mass is 32.2. The van der Waals surface area contributed by atoms with Crippen molar-refractivity contribution in [3.05, 3.63) is 78.1 Å². The number of benzene rings is 3. The van der Waals surface area contributed by atoms with Crippen molar-refractivity contribution < 1.29 is 23.5 Å². The molecule has 0 radical (unpaired) electrons. The molecule has 0 atom stereocenters. The third-order valence-electron chi connectivity index (χ3n) is 4.25. The fraction of sp³-hybridized carbons (Fsp3) is 0.130. The maximum Gasteiger partial charge on any atom is 0.255 e. The van der Waals surface area contributed by atoms with E-state index in [2.05, 4.69) is 10.6 Å². The lowest BCUT2D eigenvalue weighted by Gasteiger charge is -2.12. The first-order valence-corrected chi connectivity index (χ1v) is 10.3. The second kappa shape index (κ2) is 10.5. The van der Waals surface area contributed by atoms with Gasteiger partial charge in [-0.2, -0.15) is 0 Å². The van der Waals surface area contributed by atoms with E-state index < -0.39 is 5.82 Å². The SMILES string of the molecule is COc1ccc(OC)c(NC(=O)CSc2cccc(NC(=O)c3ccc(F)cc3)c2)c1. The largest absolute Gasteiger partial charge is 0.497 e. The number of nitrogens with one attached hydrogen (secondary N) is 2. The Morgan fingerprint density at radius 2 is 1.71 bits per heavy atom. The second-order valence-corrected chi connectivity index (χ2v) is 7.44. The van der Waals surface area contributed by atoms with Crippen molar-refractivity contribution in [2.45, 2.75) is 4.90 Å². The van der Waals surface area contributed by atoms with Gasteiger partial charge in [-0.25, -0.2) is 4.39 Å². The van der Waals surface area contributed by atoms with Crippen LogP contribution in [0.1, 0.15) is 10.4 Å². The molecule has 3 aromatic rings. The minimum Gasteiger partial charge on any atom is -0.497 e. The van der Waals surface area contributed by atoms with Crippen molar-refractivity contribution in [2.75, 3.05) is 30.6 Å². The molecule has 0 heterocycles. The number of methoxy groups -OCH3 is 2. The molecule has 0 saturated carbocycles. The minimum absolute atomic E-state index is 0.162. The lowest BCUT2D eigenvalue weighted by Crippen LogP contribution is -2.15. The van der Waals surface area contributed by atoms with Crippen LogP contribution >= 0.6 is 11.8 Å². The predicted molar refractivity (Wildman–Crippen MR) is 120 cm³/mol. The second-order valence-electron chi connectivity index (χ2n) is 6.39. The van der Waals surface area contributed by atoms with E-state index in [1.165, 1.54) is 43.1 Å². The average molecular weight is 440 g/mol. The molecule has 0 fully saturated rings. The van der Waals surface area contributed by atoms with Gasteiger partial charge in [0.05, 0.1) is 25.7 Å². The fourth-order valence-electron chi connectivity index (χ4n) is 2.72. The fourth-order valence-corrected chi connectivity index (χ4v) is 3.47. The van der Waals surface area contributed by atoms with Gasteiger partial charge in [-0.1, -0.05) is 6.07 Å². The van der Waals surface area contributed by atoms with Gasteiger partial charge in [-0.05, 0) is 54.6 Å². The zero-order valence-electron chi connectivity index (χ0n) is 17.0. The van der Waals surface area contributed by atoms with Gasteiger partial charge in [0, 0.05) is 22.2 Å². The zero-order chi connectivity index (χ0) is 22.2. The molecule has 2 N–H and O–H groups in total. The van der Waals surface area contributed by atoms with E-state index >= 15 is 0 Å². The van der Waals surface area contributed by atoms with Crippen LogP contribution in [0.2, 0.25) is 0 Å². The van der Waals surface area contributed by atoms with Crippen LogP contribution in [-0.2, 0) is 4.79 Å². The molecule has 0 unspecified atom stereocenters. The van der Waals surface area contributed by atoms with E-state index in [9.17, 15) is 14.0 Å². The monoisotopic (exact) mass is 440 g/mol. The maximum absolute atomic E-state index is 13.0. The van der Waals surface area contributed by atoms with Gasteiger partial charge in [0.25, 0.3) is 5.91 Å². The number of carbonyl (C=O) groups is 2. The van der Waals surface area contributed by atoms with E-state index in [0.717, 1.165) is 4.90 Å². The molecule has 0 aliphatic carbocycles. The molecule has 0 aliphatic heterocycles. The lowest BCUT2D eigenvalue weighted by molar-refractivity contribution is -0.113. The van der Waals surface area contributed by atoms with Crippen molar-refractivity contribution in [1.29, 1.82) is 0 Å². The Balaban J connectivity index is 1.59. The summed E-state index contributed by atoms with van der Waals surface area (Å²) in [4.78, 5) is 25.5. The van der Waals surface area contributed by atoms with E-state index in [4.69, 9.17) is 9.47 Å². The molecule has 0 saturated heterocycles. The highest BCUT2D eigenvalue weighted by molar-refractivity contribution is 8.00. The Bertz CT molecular complexity index is 1070. The summed E-state index contributed by atoms with van der Waals surface area (Å²) < 4.78 is 23.5. The first kappa shape index (κ1) is 22.2. The number of hydrogen-bond donors (Lipinski definition) is 2. The molecular formula is C23H21FN2O4S. The number of carbonyl (C=O) groups excluding carboxylic acids is 2. The molecule has 6 nitrogen and oxygen atoms in total. The Kier molecular flexibility index (Phi) is 7.50. The molecule has 8 heteroatoms. The molecule has 3 rings (SSSR count). The standard InChI is InChI=1S/C23H21FN2O4S/c1-29-18-10-11-21(30-2)20(13-18)26-22(27)14-31-19-5-3-4-17(12-19)25-23(28)15-6-8-16(24)9-7-15/h3-13H,14H2,1-2H3,(H,25,28)(H,26,27). The Morgan fingerprint density at radius 1 is 0.935 bits per heavy atom. The van der Waals surface area contributed by atoms with E-state index in [1.807, 2.05) is 6.07 Å². The Labute approximate surface area is 183 Å². The van der Waals surface area contributed by atoms with Crippen molar-refractivity contribution in [3.63, 3.8) is 0 Å². The van der Waals surface area contributed by atoms with Crippen LogP contribution in [0.5, 0.6) is 11.5 Å². The van der Waals surface area contributed by atoms with E-state index in [1.54, 1.807) is 43.5 Å². The highest BCUT2D eigenvalue weighted by Crippen LogP contribution is 2.29. The van der Waals surface area contributed by atoms with Crippen LogP contribution in [0.4, 0.5) is 15.8 Å². The topological polar surface area (TPSA) is 76.7 Å². The molecule has 160 valence electrons. The number of halogens is 1. The van der Waals surface area contributed by atoms with Gasteiger partial charge >= 0.3 is 0 Å². The molecule has 3 aromatic carbocycles. The van der Waals surface area contributed by atoms with Gasteiger partial charge in [0.15, 0.2) is 0 Å². The van der Waals surface area contributed by atoms with Crippen LogP contribution in [0.15, 0.2) is 71.6 Å². The van der Waals surface area contributed by atoms with Gasteiger partial charge < -0.3 is 20.1 Å². The van der Waals surface area contributed by atoms with Gasteiger partial charge in [-0.15, -0.1) is 11.8 Å². The molecule has 0 spiro atoms. The molecule has 31 heavy (non-hydrogen) atoms. The quantitative estimate of drug-likeness (QED) is 0.491. The summed E-state index contributed by atoms with van der Waals surface area (Å²) in [5, 5.41) is 5.58. The third kappa shape index (κ3) is 6.23. The number of rotatable bonds is 8. The number of thioether (sulfide) groups is 1. The van der Waals surface area contributed by atoms with Crippen molar-refractivity contribution in [3.8, 4) is 11.5 Å². The van der Waals surface area contributed by atoms with Crippen molar-refractivity contribution in [1.82, 2.24) is 0 Å². The van der Waals surface area contributed by atoms with Gasteiger partial charge in [-0.3, -0.25) is 9.59 Å². The Hall–Kier alpha value is -3.52. The van der Waals surface area contributed by atoms with Gasteiger partial charge in [0.1, 0.15) is 17.3 Å². The van der Waals surface area contributed by atoms with Gasteiger partial charge in [0.2, 0.25) is 5.91 Å². The first-order valence-electron chi connectivity index (χ1n) is 9.30. The molecule has 2 amide bonds. The summed E-state index contributed by atoms with van der Waals surface area (Å²) in [6.07, 6.45) is 0. The summed E-state index contributed by atoms with van der Waals surface area (Å²) in [6.45, 7) is 0. The average Bonchev–Trinajstić information content (AvgIpc) is 2.78. The van der Waals surface area contributed by atoms with Crippen molar-refractivity contribution >= 4 is 35.0 Å². The van der Waals surface area contributed by atoms with Crippen molar-refractivity contribution in [2.24, 2.45) is 0 Å². The predicted octanol–water partition coefficient (Wildman–Crippen LogP) is 4.83. The molecular weight excluding hydrogens is 419 g/mol. The number of amides is 2. The third-order valence-corrected chi connectivity index (χ3v) is 5.24. The van der Waals surface area contributed by atoms with Crippen LogP contribution in [0.3, 0.4) is 0 Å². The molecule has 0 aromatic heterocycles. The van der Waals surface area contributed by atoms with Crippen LogP contribution in [0, 0.1) is 5.82 Å². The highest BCUT2D eigenvalue weighted by Gasteiger charge is 2.11. The summed E-state index contributed by atoms with van der Waals surface area (Å²) >= 11 is 1.33. The van der Waals surface area contributed by atoms with Crippen LogP contribution < -0.4 is 20.1 Å². The number of ether oxygens (including phenoxy) is 2. The normalized spacial score (nSPS) is 10.3. The minimum atomic E-state index is -0.403. The van der Waals surface area contributed by atoms with Crippen LogP contribution in [0.25, 0.3) is 0 Å². The number of anilines is 2. The summed E-state index contributed by atoms with van der Waals surface area (Å²) in [5.74, 6) is 0.343. The molecule has 0 aliphatic rings. The van der Waals surface area contributed by atoms with Crippen LogP contribution in [-0.4, -0.2) is 31.8 Å². The molecule has 0 bridgehead atoms. The first-order chi connectivity index (χ1) is 15.0. The lowest BCUT2D eigenvalue weighted by atomic mass is 10.2. The summed E-state index contributed by atoms with van der Waals surface area (Å²) in [5.41, 5.74) is 1.45. The number of hydrogen-bond acceptors (Lipinski definition) is 5.